The number of halogens is 1. The van der Waals surface area contributed by atoms with Crippen molar-refractivity contribution in [2.45, 2.75) is 44.6 Å². The van der Waals surface area contributed by atoms with Crippen LogP contribution in [0.2, 0.25) is 5.02 Å². The summed E-state index contributed by atoms with van der Waals surface area (Å²) in [5, 5.41) is 3.54. The highest BCUT2D eigenvalue weighted by molar-refractivity contribution is 6.30. The van der Waals surface area contributed by atoms with Gasteiger partial charge in [-0.2, -0.15) is 0 Å². The molecule has 0 spiro atoms. The molecular weight excluding hydrogens is 272 g/mol. The lowest BCUT2D eigenvalue weighted by molar-refractivity contribution is -0.117. The third-order valence-corrected chi connectivity index (χ3v) is 4.18. The van der Waals surface area contributed by atoms with E-state index >= 15 is 0 Å². The maximum Gasteiger partial charge on any atom is 0.238 e. The van der Waals surface area contributed by atoms with Crippen molar-refractivity contribution >= 4 is 23.2 Å². The van der Waals surface area contributed by atoms with Crippen LogP contribution in [0.25, 0.3) is 0 Å². The predicted octanol–water partition coefficient (Wildman–Crippen LogP) is 3.93. The number of nitrogens with zero attached hydrogens (tertiary/aromatic N) is 1. The van der Waals surface area contributed by atoms with E-state index in [4.69, 9.17) is 11.6 Å². The average molecular weight is 295 g/mol. The Morgan fingerprint density at radius 2 is 2.00 bits per heavy atom. The number of anilines is 1. The molecule has 110 valence electrons. The van der Waals surface area contributed by atoms with Crippen molar-refractivity contribution < 1.29 is 4.79 Å². The molecule has 0 heterocycles. The zero-order valence-corrected chi connectivity index (χ0v) is 12.8. The van der Waals surface area contributed by atoms with Gasteiger partial charge in [0, 0.05) is 16.8 Å². The van der Waals surface area contributed by atoms with Gasteiger partial charge in [0.1, 0.15) is 0 Å². The summed E-state index contributed by atoms with van der Waals surface area (Å²) in [6.45, 7) is 0.442. The summed E-state index contributed by atoms with van der Waals surface area (Å²) in [7, 11) is 2.05. The molecule has 2 rings (SSSR count). The van der Waals surface area contributed by atoms with Gasteiger partial charge in [0.2, 0.25) is 5.91 Å². The van der Waals surface area contributed by atoms with Gasteiger partial charge in [-0.1, -0.05) is 43.4 Å². The Morgan fingerprint density at radius 1 is 1.30 bits per heavy atom. The average Bonchev–Trinajstić information content (AvgIpc) is 2.67. The van der Waals surface area contributed by atoms with Crippen LogP contribution in [0, 0.1) is 0 Å². The fourth-order valence-corrected chi connectivity index (χ4v) is 3.01. The van der Waals surface area contributed by atoms with Gasteiger partial charge in [-0.25, -0.2) is 0 Å². The Bertz CT molecular complexity index is 442. The largest absolute Gasteiger partial charge is 0.325 e. The molecule has 0 unspecified atom stereocenters. The molecule has 1 fully saturated rings. The first-order valence-corrected chi connectivity index (χ1v) is 7.78. The SMILES string of the molecule is CN(CC(=O)Nc1cccc(Cl)c1)C1CCCCCC1. The third kappa shape index (κ3) is 4.80. The highest BCUT2D eigenvalue weighted by Crippen LogP contribution is 2.21. The van der Waals surface area contributed by atoms with Crippen LogP contribution in [0.15, 0.2) is 24.3 Å². The zero-order chi connectivity index (χ0) is 14.4. The normalized spacial score (nSPS) is 16.9. The van der Waals surface area contributed by atoms with Crippen molar-refractivity contribution in [2.24, 2.45) is 0 Å². The van der Waals surface area contributed by atoms with E-state index in [1.807, 2.05) is 19.2 Å². The lowest BCUT2D eigenvalue weighted by Crippen LogP contribution is -2.37. The van der Waals surface area contributed by atoms with Gasteiger partial charge in [0.25, 0.3) is 0 Å². The molecule has 1 aliphatic rings. The molecule has 0 bridgehead atoms. The molecule has 20 heavy (non-hydrogen) atoms. The molecule has 4 heteroatoms. The number of benzene rings is 1. The second-order valence-corrected chi connectivity index (χ2v) is 6.06. The molecule has 0 aliphatic heterocycles. The van der Waals surface area contributed by atoms with E-state index in [-0.39, 0.29) is 5.91 Å². The Labute approximate surface area is 126 Å². The van der Waals surface area contributed by atoms with Gasteiger partial charge in [-0.05, 0) is 38.1 Å². The fraction of sp³-hybridized carbons (Fsp3) is 0.562. The second-order valence-electron chi connectivity index (χ2n) is 5.62. The second kappa shape index (κ2) is 7.65. The number of rotatable bonds is 4. The van der Waals surface area contributed by atoms with E-state index in [0.29, 0.717) is 17.6 Å². The summed E-state index contributed by atoms with van der Waals surface area (Å²) in [5.74, 6) is 0.0269. The van der Waals surface area contributed by atoms with E-state index < -0.39 is 0 Å². The molecule has 1 aliphatic carbocycles. The van der Waals surface area contributed by atoms with Crippen LogP contribution in [0.3, 0.4) is 0 Å². The molecule has 1 aromatic rings. The van der Waals surface area contributed by atoms with Crippen molar-refractivity contribution in [3.05, 3.63) is 29.3 Å². The Morgan fingerprint density at radius 3 is 2.65 bits per heavy atom. The summed E-state index contributed by atoms with van der Waals surface area (Å²) in [4.78, 5) is 14.3. The van der Waals surface area contributed by atoms with E-state index in [1.165, 1.54) is 38.5 Å². The van der Waals surface area contributed by atoms with Crippen molar-refractivity contribution in [3.8, 4) is 0 Å². The molecule has 1 saturated carbocycles. The maximum atomic E-state index is 12.1. The smallest absolute Gasteiger partial charge is 0.238 e. The summed E-state index contributed by atoms with van der Waals surface area (Å²) in [6, 6.07) is 7.81. The van der Waals surface area contributed by atoms with Gasteiger partial charge in [-0.15, -0.1) is 0 Å². The number of carbonyl (C=O) groups is 1. The first-order valence-electron chi connectivity index (χ1n) is 7.41. The van der Waals surface area contributed by atoms with Crippen LogP contribution in [0.1, 0.15) is 38.5 Å². The van der Waals surface area contributed by atoms with E-state index in [9.17, 15) is 4.79 Å². The molecule has 0 radical (unpaired) electrons. The van der Waals surface area contributed by atoms with E-state index in [1.54, 1.807) is 12.1 Å². The minimum Gasteiger partial charge on any atom is -0.325 e. The predicted molar refractivity (Wildman–Crippen MR) is 84.2 cm³/mol. The number of carbonyl (C=O) groups excluding carboxylic acids is 1. The lowest BCUT2D eigenvalue weighted by atomic mass is 10.1. The zero-order valence-electron chi connectivity index (χ0n) is 12.1. The number of hydrogen-bond acceptors (Lipinski definition) is 2. The summed E-state index contributed by atoms with van der Waals surface area (Å²) in [6.07, 6.45) is 7.65. The Kier molecular flexibility index (Phi) is 5.86. The fourth-order valence-electron chi connectivity index (χ4n) is 2.82. The van der Waals surface area contributed by atoms with Crippen LogP contribution in [0.5, 0.6) is 0 Å². The van der Waals surface area contributed by atoms with E-state index in [0.717, 1.165) is 5.69 Å². The molecule has 0 atom stereocenters. The highest BCUT2D eigenvalue weighted by Gasteiger charge is 2.18. The Hall–Kier alpha value is -1.06. The van der Waals surface area contributed by atoms with Gasteiger partial charge >= 0.3 is 0 Å². The van der Waals surface area contributed by atoms with Crippen LogP contribution in [-0.4, -0.2) is 30.4 Å². The van der Waals surface area contributed by atoms with Crippen molar-refractivity contribution in [1.82, 2.24) is 4.90 Å². The van der Waals surface area contributed by atoms with Crippen molar-refractivity contribution in [3.63, 3.8) is 0 Å². The number of nitrogens with one attached hydrogen (secondary N) is 1. The van der Waals surface area contributed by atoms with Gasteiger partial charge < -0.3 is 5.32 Å². The lowest BCUT2D eigenvalue weighted by Gasteiger charge is -2.26. The van der Waals surface area contributed by atoms with Gasteiger partial charge in [0.15, 0.2) is 0 Å². The van der Waals surface area contributed by atoms with Crippen LogP contribution in [0.4, 0.5) is 5.69 Å². The summed E-state index contributed by atoms with van der Waals surface area (Å²) in [5.41, 5.74) is 0.761. The van der Waals surface area contributed by atoms with Gasteiger partial charge in [0.05, 0.1) is 6.54 Å². The minimum atomic E-state index is 0.0269. The molecule has 0 aromatic heterocycles. The molecule has 0 saturated heterocycles. The summed E-state index contributed by atoms with van der Waals surface area (Å²) >= 11 is 5.91. The van der Waals surface area contributed by atoms with Crippen LogP contribution in [-0.2, 0) is 4.79 Å². The standard InChI is InChI=1S/C16H23ClN2O/c1-19(15-9-4-2-3-5-10-15)12-16(20)18-14-8-6-7-13(17)11-14/h6-8,11,15H,2-5,9-10,12H2,1H3,(H,18,20). The monoisotopic (exact) mass is 294 g/mol. The van der Waals surface area contributed by atoms with E-state index in [2.05, 4.69) is 10.2 Å². The maximum absolute atomic E-state index is 12.1. The summed E-state index contributed by atoms with van der Waals surface area (Å²) < 4.78 is 0. The van der Waals surface area contributed by atoms with Crippen LogP contribution >= 0.6 is 11.6 Å². The molecule has 1 amide bonds. The van der Waals surface area contributed by atoms with Crippen molar-refractivity contribution in [2.75, 3.05) is 18.9 Å². The molecule has 1 aromatic carbocycles. The molecular formula is C16H23ClN2O. The van der Waals surface area contributed by atoms with Crippen molar-refractivity contribution in [1.29, 1.82) is 0 Å². The molecule has 1 N–H and O–H groups in total. The topological polar surface area (TPSA) is 32.3 Å². The Balaban J connectivity index is 1.84. The van der Waals surface area contributed by atoms with Crippen LogP contribution < -0.4 is 5.32 Å². The quantitative estimate of drug-likeness (QED) is 0.853. The first kappa shape index (κ1) is 15.3. The van der Waals surface area contributed by atoms with Gasteiger partial charge in [-0.3, -0.25) is 9.69 Å². The number of likely N-dealkylation sites (N-methyl/N-ethyl adjacent to an activating group) is 1. The number of hydrogen-bond donors (Lipinski definition) is 1. The minimum absolute atomic E-state index is 0.0269. The first-order chi connectivity index (χ1) is 9.65. The molecule has 3 nitrogen and oxygen atoms in total. The number of amides is 1. The third-order valence-electron chi connectivity index (χ3n) is 3.95. The highest BCUT2D eigenvalue weighted by atomic mass is 35.5.